The molecule has 5 nitrogen and oxygen atoms in total. The minimum atomic E-state index is 0.00733. The molecule has 0 bridgehead atoms. The maximum atomic E-state index is 5.70. The number of unbranched alkanes of at least 4 members (excludes halogenated alkanes) is 1. The van der Waals surface area contributed by atoms with Crippen molar-refractivity contribution in [1.82, 2.24) is 24.8 Å². The van der Waals surface area contributed by atoms with Crippen LogP contribution in [0.3, 0.4) is 0 Å². The lowest BCUT2D eigenvalue weighted by atomic mass is 10.0. The molecule has 1 aliphatic rings. The van der Waals surface area contributed by atoms with Crippen molar-refractivity contribution < 1.29 is 0 Å². The minimum Gasteiger partial charge on any atom is -0.352 e. The molecular formula is C21H23N5S. The van der Waals surface area contributed by atoms with Gasteiger partial charge in [-0.25, -0.2) is 4.98 Å². The Balaban J connectivity index is 1.78. The van der Waals surface area contributed by atoms with Gasteiger partial charge in [0.05, 0.1) is 17.8 Å². The highest BCUT2D eigenvalue weighted by Gasteiger charge is 2.40. The second-order valence-corrected chi connectivity index (χ2v) is 7.05. The molecule has 4 heterocycles. The lowest BCUT2D eigenvalue weighted by Gasteiger charge is -2.28. The first-order chi connectivity index (χ1) is 13.3. The van der Waals surface area contributed by atoms with Crippen LogP contribution in [0.5, 0.6) is 0 Å². The first kappa shape index (κ1) is 17.7. The fourth-order valence-electron chi connectivity index (χ4n) is 3.64. The predicted molar refractivity (Wildman–Crippen MR) is 111 cm³/mol. The van der Waals surface area contributed by atoms with Crippen LogP contribution in [0.1, 0.15) is 43.2 Å². The van der Waals surface area contributed by atoms with E-state index in [2.05, 4.69) is 56.1 Å². The van der Waals surface area contributed by atoms with Crippen LogP contribution in [0.2, 0.25) is 0 Å². The molecule has 6 heteroatoms. The quantitative estimate of drug-likeness (QED) is 0.657. The Bertz CT molecular complexity index is 893. The van der Waals surface area contributed by atoms with E-state index in [0.717, 1.165) is 41.7 Å². The van der Waals surface area contributed by atoms with Gasteiger partial charge < -0.3 is 14.8 Å². The first-order valence-electron chi connectivity index (χ1n) is 9.36. The summed E-state index contributed by atoms with van der Waals surface area (Å²) in [6.07, 6.45) is 7.94. The molecule has 0 spiro atoms. The van der Waals surface area contributed by atoms with Gasteiger partial charge in [0, 0.05) is 30.8 Å². The van der Waals surface area contributed by atoms with E-state index >= 15 is 0 Å². The lowest BCUT2D eigenvalue weighted by molar-refractivity contribution is 0.304. The van der Waals surface area contributed by atoms with Gasteiger partial charge >= 0.3 is 0 Å². The van der Waals surface area contributed by atoms with Gasteiger partial charge in [0.2, 0.25) is 0 Å². The van der Waals surface area contributed by atoms with Crippen LogP contribution in [0.4, 0.5) is 0 Å². The van der Waals surface area contributed by atoms with E-state index in [-0.39, 0.29) is 12.1 Å². The number of pyridine rings is 2. The zero-order valence-electron chi connectivity index (χ0n) is 15.3. The van der Waals surface area contributed by atoms with Crippen LogP contribution in [0, 0.1) is 0 Å². The fourth-order valence-corrected chi connectivity index (χ4v) is 3.97. The van der Waals surface area contributed by atoms with Crippen molar-refractivity contribution in [2.45, 2.75) is 31.8 Å². The number of rotatable bonds is 6. The average molecular weight is 378 g/mol. The fraction of sp³-hybridized carbons (Fsp3) is 0.286. The summed E-state index contributed by atoms with van der Waals surface area (Å²) in [5, 5.41) is 4.30. The van der Waals surface area contributed by atoms with Gasteiger partial charge in [-0.05, 0) is 55.0 Å². The van der Waals surface area contributed by atoms with Gasteiger partial charge in [0.1, 0.15) is 5.82 Å². The Kier molecular flexibility index (Phi) is 5.16. The van der Waals surface area contributed by atoms with Gasteiger partial charge in [0.25, 0.3) is 0 Å². The Morgan fingerprint density at radius 2 is 1.85 bits per heavy atom. The van der Waals surface area contributed by atoms with Crippen molar-refractivity contribution in [3.05, 3.63) is 78.5 Å². The summed E-state index contributed by atoms with van der Waals surface area (Å²) in [4.78, 5) is 11.4. The third kappa shape index (κ3) is 3.45. The molecule has 0 amide bonds. The van der Waals surface area contributed by atoms with Gasteiger partial charge in [-0.15, -0.1) is 0 Å². The van der Waals surface area contributed by atoms with Crippen LogP contribution in [0.15, 0.2) is 67.1 Å². The summed E-state index contributed by atoms with van der Waals surface area (Å²) in [7, 11) is 0. The highest BCUT2D eigenvalue weighted by molar-refractivity contribution is 7.80. The summed E-state index contributed by atoms with van der Waals surface area (Å²) in [6, 6.07) is 16.3. The third-order valence-corrected chi connectivity index (χ3v) is 5.28. The van der Waals surface area contributed by atoms with E-state index in [4.69, 9.17) is 12.2 Å². The molecule has 3 aromatic heterocycles. The number of aromatic nitrogens is 3. The molecule has 2 atom stereocenters. The summed E-state index contributed by atoms with van der Waals surface area (Å²) in [6.45, 7) is 3.12. The summed E-state index contributed by atoms with van der Waals surface area (Å²) < 4.78 is 2.15. The van der Waals surface area contributed by atoms with E-state index in [1.54, 1.807) is 0 Å². The highest BCUT2D eigenvalue weighted by atomic mass is 32.1. The highest BCUT2D eigenvalue weighted by Crippen LogP contribution is 2.39. The van der Waals surface area contributed by atoms with Gasteiger partial charge in [-0.3, -0.25) is 4.98 Å². The van der Waals surface area contributed by atoms with Crippen molar-refractivity contribution in [3.63, 3.8) is 0 Å². The first-order valence-corrected chi connectivity index (χ1v) is 9.77. The topological polar surface area (TPSA) is 46.0 Å². The van der Waals surface area contributed by atoms with Crippen molar-refractivity contribution in [1.29, 1.82) is 0 Å². The van der Waals surface area contributed by atoms with Crippen molar-refractivity contribution in [2.24, 2.45) is 0 Å². The second kappa shape index (κ2) is 7.88. The van der Waals surface area contributed by atoms with Crippen LogP contribution in [-0.4, -0.2) is 31.1 Å². The molecule has 0 unspecified atom stereocenters. The van der Waals surface area contributed by atoms with Crippen LogP contribution in [0.25, 0.3) is 5.82 Å². The molecule has 1 N–H and O–H groups in total. The minimum absolute atomic E-state index is 0.00733. The maximum Gasteiger partial charge on any atom is 0.170 e. The van der Waals surface area contributed by atoms with Gasteiger partial charge in [-0.2, -0.15) is 0 Å². The molecule has 138 valence electrons. The zero-order chi connectivity index (χ0) is 18.6. The molecule has 4 rings (SSSR count). The van der Waals surface area contributed by atoms with E-state index in [9.17, 15) is 0 Å². The third-order valence-electron chi connectivity index (χ3n) is 4.93. The largest absolute Gasteiger partial charge is 0.352 e. The maximum absolute atomic E-state index is 5.70. The number of nitrogens with one attached hydrogen (secondary N) is 1. The molecular weight excluding hydrogens is 354 g/mol. The van der Waals surface area contributed by atoms with Crippen LogP contribution in [-0.2, 0) is 0 Å². The molecule has 0 aliphatic carbocycles. The number of thiocarbonyl (C=S) groups is 1. The second-order valence-electron chi connectivity index (χ2n) is 6.66. The average Bonchev–Trinajstić information content (AvgIpc) is 3.32. The van der Waals surface area contributed by atoms with Gasteiger partial charge in [-0.1, -0.05) is 25.5 Å². The smallest absolute Gasteiger partial charge is 0.170 e. The molecule has 0 aromatic carbocycles. The summed E-state index contributed by atoms with van der Waals surface area (Å²) >= 11 is 5.70. The van der Waals surface area contributed by atoms with Crippen LogP contribution >= 0.6 is 12.2 Å². The van der Waals surface area contributed by atoms with Crippen LogP contribution < -0.4 is 5.32 Å². The lowest BCUT2D eigenvalue weighted by Crippen LogP contribution is -2.31. The molecule has 0 radical (unpaired) electrons. The number of hydrogen-bond acceptors (Lipinski definition) is 3. The standard InChI is InChI=1S/C21H23N5S/c1-2-3-14-26-20(19(24-21(26)27)16-9-4-6-12-22-16)17-10-8-15-25(17)18-11-5-7-13-23-18/h4-13,15,19-20H,2-3,14H2,1H3,(H,24,27)/t19-,20-/m0/s1. The zero-order valence-corrected chi connectivity index (χ0v) is 16.1. The van der Waals surface area contributed by atoms with Crippen molar-refractivity contribution in [2.75, 3.05) is 6.54 Å². The summed E-state index contributed by atoms with van der Waals surface area (Å²) in [5.74, 6) is 0.908. The van der Waals surface area contributed by atoms with E-state index in [1.165, 1.54) is 0 Å². The molecule has 0 saturated carbocycles. The van der Waals surface area contributed by atoms with Gasteiger partial charge in [0.15, 0.2) is 5.11 Å². The molecule has 27 heavy (non-hydrogen) atoms. The Morgan fingerprint density at radius 1 is 1.04 bits per heavy atom. The SMILES string of the molecule is CCCCN1C(=S)N[C@@H](c2ccccn2)[C@@H]1c1cccn1-c1ccccn1. The monoisotopic (exact) mass is 377 g/mol. The summed E-state index contributed by atoms with van der Waals surface area (Å²) in [5.41, 5.74) is 2.16. The molecule has 3 aromatic rings. The normalized spacial score (nSPS) is 19.3. The Morgan fingerprint density at radius 3 is 2.56 bits per heavy atom. The number of hydrogen-bond donors (Lipinski definition) is 1. The molecule has 1 saturated heterocycles. The van der Waals surface area contributed by atoms with E-state index < -0.39 is 0 Å². The van der Waals surface area contributed by atoms with Crippen molar-refractivity contribution in [3.8, 4) is 5.82 Å². The molecule has 1 fully saturated rings. The van der Waals surface area contributed by atoms with Crippen molar-refractivity contribution >= 4 is 17.3 Å². The Labute approximate surface area is 165 Å². The number of nitrogens with zero attached hydrogens (tertiary/aromatic N) is 4. The predicted octanol–water partition coefficient (Wildman–Crippen LogP) is 4.04. The Hall–Kier alpha value is -2.73. The van der Waals surface area contributed by atoms with E-state index in [0.29, 0.717) is 0 Å². The van der Waals surface area contributed by atoms with E-state index in [1.807, 2.05) is 42.7 Å². The molecule has 1 aliphatic heterocycles.